The largest absolute Gasteiger partial charge is 0.359 e. The van der Waals surface area contributed by atoms with E-state index in [9.17, 15) is 4.79 Å². The van der Waals surface area contributed by atoms with Crippen molar-refractivity contribution in [3.8, 4) is 0 Å². The molecule has 0 aromatic carbocycles. The standard InChI is InChI=1S/C5H11NO.C4H10.CH4/c1-4(2)5(7)6-3;1-4(2)3;/h4H,1-3H3,(H,6,7);4H,1-3H3;1H4. The molecule has 0 aliphatic heterocycles. The van der Waals surface area contributed by atoms with Gasteiger partial charge in [-0.15, -0.1) is 0 Å². The van der Waals surface area contributed by atoms with E-state index in [1.165, 1.54) is 0 Å². The van der Waals surface area contributed by atoms with Crippen LogP contribution in [0.1, 0.15) is 42.0 Å². The van der Waals surface area contributed by atoms with Crippen LogP contribution in [0.5, 0.6) is 0 Å². The van der Waals surface area contributed by atoms with Crippen LogP contribution in [0.2, 0.25) is 0 Å². The lowest BCUT2D eigenvalue weighted by atomic mass is 10.2. The van der Waals surface area contributed by atoms with Crippen LogP contribution in [0.3, 0.4) is 0 Å². The molecule has 0 radical (unpaired) electrons. The first-order chi connectivity index (χ1) is 4.91. The molecule has 0 spiro atoms. The van der Waals surface area contributed by atoms with Crippen molar-refractivity contribution in [3.05, 3.63) is 0 Å². The molecule has 0 saturated heterocycles. The molecule has 12 heavy (non-hydrogen) atoms. The second-order valence-electron chi connectivity index (χ2n) is 3.50. The molecule has 0 aliphatic rings. The summed E-state index contributed by atoms with van der Waals surface area (Å²) in [7, 11) is 1.64. The lowest BCUT2D eigenvalue weighted by Crippen LogP contribution is -2.22. The molecule has 76 valence electrons. The van der Waals surface area contributed by atoms with Gasteiger partial charge in [-0.3, -0.25) is 4.79 Å². The highest BCUT2D eigenvalue weighted by Crippen LogP contribution is 1.87. The first-order valence-corrected chi connectivity index (χ1v) is 4.13. The van der Waals surface area contributed by atoms with Crippen LogP contribution in [-0.4, -0.2) is 13.0 Å². The summed E-state index contributed by atoms with van der Waals surface area (Å²) >= 11 is 0. The van der Waals surface area contributed by atoms with Gasteiger partial charge >= 0.3 is 0 Å². The molecule has 1 amide bonds. The van der Waals surface area contributed by atoms with Gasteiger partial charge in [0, 0.05) is 13.0 Å². The summed E-state index contributed by atoms with van der Waals surface area (Å²) in [5.41, 5.74) is 0. The summed E-state index contributed by atoms with van der Waals surface area (Å²) in [6.07, 6.45) is 0. The molecule has 0 heterocycles. The lowest BCUT2D eigenvalue weighted by molar-refractivity contribution is -0.123. The zero-order valence-corrected chi connectivity index (χ0v) is 8.56. The summed E-state index contributed by atoms with van der Waals surface area (Å²) in [6, 6.07) is 0. The van der Waals surface area contributed by atoms with E-state index >= 15 is 0 Å². The van der Waals surface area contributed by atoms with Crippen molar-refractivity contribution in [1.29, 1.82) is 0 Å². The number of rotatable bonds is 1. The van der Waals surface area contributed by atoms with Crippen LogP contribution in [0, 0.1) is 11.8 Å². The van der Waals surface area contributed by atoms with Gasteiger partial charge in [0.15, 0.2) is 0 Å². The van der Waals surface area contributed by atoms with Crippen molar-refractivity contribution in [2.24, 2.45) is 11.8 Å². The maximum Gasteiger partial charge on any atom is 0.222 e. The summed E-state index contributed by atoms with van der Waals surface area (Å²) in [5, 5.41) is 2.53. The Morgan fingerprint density at radius 1 is 1.08 bits per heavy atom. The number of carbonyl (C=O) groups excluding carboxylic acids is 1. The Kier molecular flexibility index (Phi) is 15.3. The molecule has 0 unspecified atom stereocenters. The van der Waals surface area contributed by atoms with Crippen LogP contribution in [-0.2, 0) is 4.79 Å². The predicted octanol–water partition coefficient (Wildman–Crippen LogP) is 2.69. The minimum atomic E-state index is 0. The van der Waals surface area contributed by atoms with E-state index in [0.29, 0.717) is 0 Å². The molecule has 0 aromatic heterocycles. The van der Waals surface area contributed by atoms with Crippen LogP contribution in [0.25, 0.3) is 0 Å². The van der Waals surface area contributed by atoms with Crippen molar-refractivity contribution in [1.82, 2.24) is 5.32 Å². The molecular weight excluding hydrogens is 150 g/mol. The van der Waals surface area contributed by atoms with Crippen LogP contribution in [0.15, 0.2) is 0 Å². The topological polar surface area (TPSA) is 29.1 Å². The Morgan fingerprint density at radius 3 is 1.33 bits per heavy atom. The van der Waals surface area contributed by atoms with Crippen molar-refractivity contribution in [2.75, 3.05) is 7.05 Å². The van der Waals surface area contributed by atoms with E-state index in [1.807, 2.05) is 13.8 Å². The molecule has 2 nitrogen and oxygen atoms in total. The van der Waals surface area contributed by atoms with Gasteiger partial charge in [-0.25, -0.2) is 0 Å². The number of nitrogens with one attached hydrogen (secondary N) is 1. The van der Waals surface area contributed by atoms with Crippen molar-refractivity contribution < 1.29 is 4.79 Å². The normalized spacial score (nSPS) is 8.33. The molecule has 0 aromatic rings. The zero-order chi connectivity index (χ0) is 9.44. The van der Waals surface area contributed by atoms with Crippen LogP contribution in [0.4, 0.5) is 0 Å². The minimum Gasteiger partial charge on any atom is -0.359 e. The highest BCUT2D eigenvalue weighted by Gasteiger charge is 2.00. The van der Waals surface area contributed by atoms with Crippen LogP contribution < -0.4 is 5.32 Å². The molecule has 0 atom stereocenters. The highest BCUT2D eigenvalue weighted by atomic mass is 16.1. The van der Waals surface area contributed by atoms with Gasteiger partial charge in [-0.05, 0) is 5.92 Å². The molecular formula is C10H25NO. The predicted molar refractivity (Wildman–Crippen MR) is 56.1 cm³/mol. The first-order valence-electron chi connectivity index (χ1n) is 4.13. The van der Waals surface area contributed by atoms with Crippen molar-refractivity contribution in [3.63, 3.8) is 0 Å². The first kappa shape index (κ1) is 17.5. The van der Waals surface area contributed by atoms with E-state index in [1.54, 1.807) is 7.05 Å². The average Bonchev–Trinajstić information content (AvgIpc) is 1.85. The van der Waals surface area contributed by atoms with Gasteiger partial charge in [0.1, 0.15) is 0 Å². The van der Waals surface area contributed by atoms with E-state index in [-0.39, 0.29) is 19.3 Å². The van der Waals surface area contributed by atoms with E-state index in [0.717, 1.165) is 5.92 Å². The number of amides is 1. The van der Waals surface area contributed by atoms with Crippen LogP contribution >= 0.6 is 0 Å². The Labute approximate surface area is 77.7 Å². The third-order valence-electron chi connectivity index (χ3n) is 0.771. The fraction of sp³-hybridized carbons (Fsp3) is 0.900. The number of hydrogen-bond donors (Lipinski definition) is 1. The van der Waals surface area contributed by atoms with E-state index in [2.05, 4.69) is 26.1 Å². The fourth-order valence-electron chi connectivity index (χ4n) is 0.289. The minimum absolute atomic E-state index is 0. The Hall–Kier alpha value is -0.530. The maximum absolute atomic E-state index is 10.4. The van der Waals surface area contributed by atoms with Gasteiger partial charge in [0.25, 0.3) is 0 Å². The lowest BCUT2D eigenvalue weighted by Gasteiger charge is -1.98. The summed E-state index contributed by atoms with van der Waals surface area (Å²) in [5.74, 6) is 1.05. The molecule has 1 N–H and O–H groups in total. The molecule has 0 saturated carbocycles. The number of carbonyl (C=O) groups is 1. The quantitative estimate of drug-likeness (QED) is 0.652. The smallest absolute Gasteiger partial charge is 0.222 e. The Bertz CT molecular complexity index is 95.3. The fourth-order valence-corrected chi connectivity index (χ4v) is 0.289. The summed E-state index contributed by atoms with van der Waals surface area (Å²) in [6.45, 7) is 10.2. The van der Waals surface area contributed by atoms with Gasteiger partial charge in [0.05, 0.1) is 0 Å². The van der Waals surface area contributed by atoms with Gasteiger partial charge in [0.2, 0.25) is 5.91 Å². The second-order valence-corrected chi connectivity index (χ2v) is 3.50. The van der Waals surface area contributed by atoms with Gasteiger partial charge in [-0.1, -0.05) is 42.0 Å². The summed E-state index contributed by atoms with van der Waals surface area (Å²) < 4.78 is 0. The van der Waals surface area contributed by atoms with E-state index < -0.39 is 0 Å². The monoisotopic (exact) mass is 175 g/mol. The highest BCUT2D eigenvalue weighted by molar-refractivity contribution is 5.77. The number of hydrogen-bond acceptors (Lipinski definition) is 1. The second kappa shape index (κ2) is 10.5. The third-order valence-corrected chi connectivity index (χ3v) is 0.771. The van der Waals surface area contributed by atoms with Crippen molar-refractivity contribution in [2.45, 2.75) is 42.0 Å². The van der Waals surface area contributed by atoms with Gasteiger partial charge < -0.3 is 5.32 Å². The zero-order valence-electron chi connectivity index (χ0n) is 8.56. The SMILES string of the molecule is C.CC(C)C.CNC(=O)C(C)C. The molecule has 0 fully saturated rings. The molecule has 2 heteroatoms. The molecule has 0 rings (SSSR count). The molecule has 0 aliphatic carbocycles. The third kappa shape index (κ3) is 22.7. The average molecular weight is 175 g/mol. The Morgan fingerprint density at radius 2 is 1.33 bits per heavy atom. The van der Waals surface area contributed by atoms with Gasteiger partial charge in [-0.2, -0.15) is 0 Å². The molecule has 0 bridgehead atoms. The van der Waals surface area contributed by atoms with Crippen molar-refractivity contribution >= 4 is 5.91 Å². The maximum atomic E-state index is 10.4. The van der Waals surface area contributed by atoms with E-state index in [4.69, 9.17) is 0 Å². The summed E-state index contributed by atoms with van der Waals surface area (Å²) in [4.78, 5) is 10.4. The Balaban J connectivity index is -0.000000142.